The molecule has 1 atom stereocenters. The first kappa shape index (κ1) is 19.4. The molecule has 1 saturated heterocycles. The van der Waals surface area contributed by atoms with Crippen molar-refractivity contribution >= 4 is 28.9 Å². The van der Waals surface area contributed by atoms with E-state index in [0.717, 1.165) is 25.9 Å². The Bertz CT molecular complexity index is 956. The molecule has 0 radical (unpaired) electrons. The molecule has 4 rings (SSSR count). The first-order valence-corrected chi connectivity index (χ1v) is 10.6. The summed E-state index contributed by atoms with van der Waals surface area (Å²) in [5, 5.41) is 6.50. The molecule has 148 valence electrons. The molecule has 1 aliphatic heterocycles. The van der Waals surface area contributed by atoms with Crippen LogP contribution in [0.5, 0.6) is 5.75 Å². The molecule has 3 aromatic rings. The molecular weight excluding hydrogens is 384 g/mol. The van der Waals surface area contributed by atoms with E-state index in [-0.39, 0.29) is 17.9 Å². The number of benzene rings is 2. The third kappa shape index (κ3) is 4.91. The molecule has 5 nitrogen and oxygen atoms in total. The van der Waals surface area contributed by atoms with Crippen molar-refractivity contribution in [2.24, 2.45) is 0 Å². The van der Waals surface area contributed by atoms with Gasteiger partial charge in [-0.1, -0.05) is 30.3 Å². The van der Waals surface area contributed by atoms with Gasteiger partial charge in [-0.05, 0) is 60.7 Å². The van der Waals surface area contributed by atoms with Crippen LogP contribution in [-0.2, 0) is 11.3 Å². The van der Waals surface area contributed by atoms with Gasteiger partial charge in [-0.2, -0.15) is 11.3 Å². The van der Waals surface area contributed by atoms with Crippen LogP contribution in [0.4, 0.5) is 5.69 Å². The van der Waals surface area contributed by atoms with Crippen LogP contribution in [0.1, 0.15) is 28.8 Å². The lowest BCUT2D eigenvalue weighted by Crippen LogP contribution is -2.38. The van der Waals surface area contributed by atoms with Crippen LogP contribution in [0.2, 0.25) is 0 Å². The maximum Gasteiger partial charge on any atom is 0.328 e. The fourth-order valence-electron chi connectivity index (χ4n) is 3.49. The van der Waals surface area contributed by atoms with Crippen LogP contribution < -0.4 is 10.1 Å². The van der Waals surface area contributed by atoms with Crippen molar-refractivity contribution in [3.8, 4) is 5.75 Å². The number of hydrogen-bond acceptors (Lipinski definition) is 5. The van der Waals surface area contributed by atoms with Crippen LogP contribution in [0.15, 0.2) is 71.4 Å². The summed E-state index contributed by atoms with van der Waals surface area (Å²) < 4.78 is 5.61. The van der Waals surface area contributed by atoms with Crippen LogP contribution in [-0.4, -0.2) is 29.4 Å². The highest BCUT2D eigenvalue weighted by molar-refractivity contribution is 7.08. The third-order valence-corrected chi connectivity index (χ3v) is 5.66. The van der Waals surface area contributed by atoms with Crippen LogP contribution in [0.25, 0.3) is 0 Å². The molecule has 1 aliphatic rings. The summed E-state index contributed by atoms with van der Waals surface area (Å²) in [6, 6.07) is 18.6. The number of thiophene rings is 1. The second kappa shape index (κ2) is 9.03. The minimum atomic E-state index is -0.229. The van der Waals surface area contributed by atoms with E-state index in [1.165, 1.54) is 16.9 Å². The van der Waals surface area contributed by atoms with Crippen molar-refractivity contribution in [3.05, 3.63) is 82.6 Å². The Kier molecular flexibility index (Phi) is 6.03. The quantitative estimate of drug-likeness (QED) is 0.481. The van der Waals surface area contributed by atoms with Crippen molar-refractivity contribution in [2.45, 2.75) is 25.4 Å². The van der Waals surface area contributed by atoms with Crippen molar-refractivity contribution in [1.82, 2.24) is 4.90 Å². The zero-order valence-electron chi connectivity index (χ0n) is 15.9. The maximum absolute atomic E-state index is 12.7. The lowest BCUT2D eigenvalue weighted by Gasteiger charge is -2.23. The molecule has 0 aliphatic carbocycles. The van der Waals surface area contributed by atoms with E-state index >= 15 is 0 Å². The average molecular weight is 407 g/mol. The number of amides is 1. The fourth-order valence-corrected chi connectivity index (χ4v) is 4.12. The zero-order valence-corrected chi connectivity index (χ0v) is 16.7. The fraction of sp³-hybridized carbons (Fsp3) is 0.217. The summed E-state index contributed by atoms with van der Waals surface area (Å²) in [5.74, 6) is 0.0992. The molecule has 2 heterocycles. The highest BCUT2D eigenvalue weighted by atomic mass is 32.1. The summed E-state index contributed by atoms with van der Waals surface area (Å²) in [4.78, 5) is 27.0. The van der Waals surface area contributed by atoms with Gasteiger partial charge in [0.1, 0.15) is 11.8 Å². The number of nitrogens with one attached hydrogen (secondary N) is 1. The van der Waals surface area contributed by atoms with Crippen LogP contribution in [0, 0.1) is 0 Å². The monoisotopic (exact) mass is 406 g/mol. The van der Waals surface area contributed by atoms with Gasteiger partial charge in [-0.25, -0.2) is 4.79 Å². The molecule has 6 heteroatoms. The van der Waals surface area contributed by atoms with E-state index in [4.69, 9.17) is 4.74 Å². The van der Waals surface area contributed by atoms with Crippen molar-refractivity contribution in [2.75, 3.05) is 11.9 Å². The molecular formula is C23H22N2O3S. The van der Waals surface area contributed by atoms with E-state index in [1.807, 2.05) is 23.6 Å². The molecule has 29 heavy (non-hydrogen) atoms. The van der Waals surface area contributed by atoms with E-state index in [1.54, 1.807) is 35.7 Å². The van der Waals surface area contributed by atoms with Gasteiger partial charge in [0.25, 0.3) is 5.91 Å². The maximum atomic E-state index is 12.7. The summed E-state index contributed by atoms with van der Waals surface area (Å²) in [6.07, 6.45) is 1.79. The number of esters is 1. The van der Waals surface area contributed by atoms with E-state index in [2.05, 4.69) is 22.3 Å². The smallest absolute Gasteiger partial charge is 0.328 e. The van der Waals surface area contributed by atoms with Crippen molar-refractivity contribution < 1.29 is 14.3 Å². The highest BCUT2D eigenvalue weighted by Crippen LogP contribution is 2.23. The Morgan fingerprint density at radius 3 is 2.59 bits per heavy atom. The number of anilines is 1. The standard InChI is InChI=1S/C23H22N2O3S/c26-22(18-12-14-29-16-18)24-19-8-10-20(11-9-19)28-23(27)21-7-4-13-25(21)15-17-5-2-1-3-6-17/h1-3,5-6,8-12,14,16,21H,4,7,13,15H2,(H,24,26). The number of likely N-dealkylation sites (tertiary alicyclic amines) is 1. The molecule has 1 unspecified atom stereocenters. The van der Waals surface area contributed by atoms with E-state index in [9.17, 15) is 9.59 Å². The number of hydrogen-bond donors (Lipinski definition) is 1. The largest absolute Gasteiger partial charge is 0.425 e. The number of carbonyl (C=O) groups is 2. The summed E-state index contributed by atoms with van der Waals surface area (Å²) in [6.45, 7) is 1.64. The SMILES string of the molecule is O=C(Nc1ccc(OC(=O)C2CCCN2Cc2ccccc2)cc1)c1ccsc1. The second-order valence-electron chi connectivity index (χ2n) is 7.03. The Balaban J connectivity index is 1.34. The molecule has 1 aromatic heterocycles. The van der Waals surface area contributed by atoms with Crippen molar-refractivity contribution in [1.29, 1.82) is 0 Å². The van der Waals surface area contributed by atoms with Gasteiger partial charge in [-0.3, -0.25) is 9.69 Å². The minimum absolute atomic E-state index is 0.154. The van der Waals surface area contributed by atoms with Crippen molar-refractivity contribution in [3.63, 3.8) is 0 Å². The number of carbonyl (C=O) groups excluding carboxylic acids is 2. The van der Waals surface area contributed by atoms with Gasteiger partial charge in [0.05, 0.1) is 5.56 Å². The Hall–Kier alpha value is -2.96. The van der Waals surface area contributed by atoms with Gasteiger partial charge in [-0.15, -0.1) is 0 Å². The molecule has 0 spiro atoms. The first-order valence-electron chi connectivity index (χ1n) is 9.62. The Morgan fingerprint density at radius 1 is 1.07 bits per heavy atom. The normalized spacial score (nSPS) is 16.5. The molecule has 0 saturated carbocycles. The number of nitrogens with zero attached hydrogens (tertiary/aromatic N) is 1. The predicted octanol–water partition coefficient (Wildman–Crippen LogP) is 4.57. The number of ether oxygens (including phenoxy) is 1. The summed E-state index contributed by atoms with van der Waals surface area (Å²) >= 11 is 1.48. The van der Waals surface area contributed by atoms with Gasteiger partial charge in [0, 0.05) is 17.6 Å². The summed E-state index contributed by atoms with van der Waals surface area (Å²) in [5.41, 5.74) is 2.48. The molecule has 1 fully saturated rings. The topological polar surface area (TPSA) is 58.6 Å². The molecule has 1 N–H and O–H groups in total. The Morgan fingerprint density at radius 2 is 1.86 bits per heavy atom. The van der Waals surface area contributed by atoms with Crippen LogP contribution in [0.3, 0.4) is 0 Å². The van der Waals surface area contributed by atoms with Crippen LogP contribution >= 0.6 is 11.3 Å². The Labute approximate surface area is 173 Å². The van der Waals surface area contributed by atoms with E-state index < -0.39 is 0 Å². The lowest BCUT2D eigenvalue weighted by atomic mass is 10.2. The highest BCUT2D eigenvalue weighted by Gasteiger charge is 2.32. The van der Waals surface area contributed by atoms with Gasteiger partial charge in [0.15, 0.2) is 0 Å². The van der Waals surface area contributed by atoms with E-state index in [0.29, 0.717) is 17.0 Å². The molecule has 1 amide bonds. The second-order valence-corrected chi connectivity index (χ2v) is 7.81. The summed E-state index contributed by atoms with van der Waals surface area (Å²) in [7, 11) is 0. The molecule has 0 bridgehead atoms. The van der Waals surface area contributed by atoms with Gasteiger partial charge in [0.2, 0.25) is 0 Å². The predicted molar refractivity (Wildman–Crippen MR) is 114 cm³/mol. The first-order chi connectivity index (χ1) is 14.2. The zero-order chi connectivity index (χ0) is 20.1. The van der Waals surface area contributed by atoms with Gasteiger partial charge < -0.3 is 10.1 Å². The minimum Gasteiger partial charge on any atom is -0.425 e. The number of rotatable bonds is 6. The average Bonchev–Trinajstić information content (AvgIpc) is 3.42. The lowest BCUT2D eigenvalue weighted by molar-refractivity contribution is -0.139. The molecule has 2 aromatic carbocycles. The third-order valence-electron chi connectivity index (χ3n) is 4.98. The van der Waals surface area contributed by atoms with Gasteiger partial charge >= 0.3 is 5.97 Å².